The van der Waals surface area contributed by atoms with Gasteiger partial charge in [-0.15, -0.1) is 5.10 Å². The molecule has 2 rings (SSSR count). The van der Waals surface area contributed by atoms with Crippen LogP contribution in [0, 0.1) is 0 Å². The molecule has 0 saturated heterocycles. The second-order valence-corrected chi connectivity index (χ2v) is 6.28. The number of halogens is 1. The number of benzene rings is 1. The molecule has 0 spiro atoms. The lowest BCUT2D eigenvalue weighted by Gasteiger charge is -2.13. The van der Waals surface area contributed by atoms with Gasteiger partial charge < -0.3 is 5.32 Å². The van der Waals surface area contributed by atoms with Crippen LogP contribution in [0.15, 0.2) is 28.7 Å². The zero-order valence-corrected chi connectivity index (χ0v) is 13.8. The van der Waals surface area contributed by atoms with E-state index in [9.17, 15) is 4.79 Å². The molecule has 0 radical (unpaired) electrons. The van der Waals surface area contributed by atoms with Gasteiger partial charge in [0.15, 0.2) is 0 Å². The maximum Gasteiger partial charge on any atom is 0.265 e. The molecule has 4 nitrogen and oxygen atoms in total. The van der Waals surface area contributed by atoms with Crippen molar-refractivity contribution in [2.24, 2.45) is 0 Å². The minimum Gasteiger partial charge on any atom is -0.348 e. The van der Waals surface area contributed by atoms with Crippen molar-refractivity contribution in [2.75, 3.05) is 0 Å². The number of rotatable bonds is 5. The van der Waals surface area contributed by atoms with Gasteiger partial charge in [-0.3, -0.25) is 4.79 Å². The van der Waals surface area contributed by atoms with Crippen LogP contribution in [0.1, 0.15) is 34.8 Å². The number of aryl methyl sites for hydroxylation is 1. The Morgan fingerprint density at radius 1 is 1.40 bits per heavy atom. The largest absolute Gasteiger partial charge is 0.348 e. The van der Waals surface area contributed by atoms with Crippen molar-refractivity contribution in [1.82, 2.24) is 14.9 Å². The van der Waals surface area contributed by atoms with E-state index in [1.54, 1.807) is 0 Å². The monoisotopic (exact) mass is 353 g/mol. The number of carbonyl (C=O) groups is 1. The molecule has 6 heteroatoms. The number of nitrogens with zero attached hydrogens (tertiary/aromatic N) is 2. The predicted molar refractivity (Wildman–Crippen MR) is 84.1 cm³/mol. The van der Waals surface area contributed by atoms with Gasteiger partial charge in [-0.25, -0.2) is 0 Å². The molecule has 0 saturated carbocycles. The van der Waals surface area contributed by atoms with Gasteiger partial charge in [0, 0.05) is 10.5 Å². The zero-order valence-electron chi connectivity index (χ0n) is 11.4. The van der Waals surface area contributed by atoms with Crippen molar-refractivity contribution in [1.29, 1.82) is 0 Å². The standard InChI is InChI=1S/C14H16BrN3OS/c1-3-12-13(20-18-17-12)14(19)16-9(2)8-10-4-6-11(15)7-5-10/h4-7,9H,3,8H2,1-2H3,(H,16,19). The Kier molecular flexibility index (Phi) is 5.25. The van der Waals surface area contributed by atoms with Gasteiger partial charge in [-0.1, -0.05) is 39.5 Å². The SMILES string of the molecule is CCc1nnsc1C(=O)NC(C)Cc1ccc(Br)cc1. The molecule has 0 fully saturated rings. The summed E-state index contributed by atoms with van der Waals surface area (Å²) >= 11 is 4.56. The quantitative estimate of drug-likeness (QED) is 0.897. The normalized spacial score (nSPS) is 12.2. The minimum atomic E-state index is -0.0820. The van der Waals surface area contributed by atoms with Gasteiger partial charge in [0.05, 0.1) is 5.69 Å². The average molecular weight is 354 g/mol. The van der Waals surface area contributed by atoms with E-state index >= 15 is 0 Å². The summed E-state index contributed by atoms with van der Waals surface area (Å²) in [5, 5.41) is 6.96. The fourth-order valence-corrected chi connectivity index (χ4v) is 2.84. The molecule has 1 atom stereocenters. The lowest BCUT2D eigenvalue weighted by atomic mass is 10.1. The molecule has 1 unspecified atom stereocenters. The van der Waals surface area contributed by atoms with Crippen LogP contribution >= 0.6 is 27.5 Å². The summed E-state index contributed by atoms with van der Waals surface area (Å²) in [6.07, 6.45) is 1.52. The Bertz CT molecular complexity index is 582. The highest BCUT2D eigenvalue weighted by Gasteiger charge is 2.16. The van der Waals surface area contributed by atoms with Crippen LogP contribution in [0.2, 0.25) is 0 Å². The summed E-state index contributed by atoms with van der Waals surface area (Å²) in [6.45, 7) is 3.97. The van der Waals surface area contributed by atoms with Crippen LogP contribution in [0.5, 0.6) is 0 Å². The topological polar surface area (TPSA) is 54.9 Å². The maximum atomic E-state index is 12.2. The third-order valence-electron chi connectivity index (χ3n) is 2.93. The fourth-order valence-electron chi connectivity index (χ4n) is 1.93. The number of aromatic nitrogens is 2. The van der Waals surface area contributed by atoms with E-state index in [0.29, 0.717) is 4.88 Å². The predicted octanol–water partition coefficient (Wildman–Crippen LogP) is 3.22. The van der Waals surface area contributed by atoms with Crippen molar-refractivity contribution in [3.63, 3.8) is 0 Å². The van der Waals surface area contributed by atoms with Gasteiger partial charge in [-0.2, -0.15) is 0 Å². The van der Waals surface area contributed by atoms with Gasteiger partial charge in [-0.05, 0) is 49.0 Å². The first-order chi connectivity index (χ1) is 9.60. The molecule has 106 valence electrons. The van der Waals surface area contributed by atoms with E-state index in [1.807, 2.05) is 26.0 Å². The Balaban J connectivity index is 1.96. The number of nitrogens with one attached hydrogen (secondary N) is 1. The average Bonchev–Trinajstić information content (AvgIpc) is 2.89. The Hall–Kier alpha value is -1.27. The van der Waals surface area contributed by atoms with Crippen LogP contribution in [0.3, 0.4) is 0 Å². The molecule has 20 heavy (non-hydrogen) atoms. The number of carbonyl (C=O) groups excluding carboxylic acids is 1. The first kappa shape index (κ1) is 15.1. The van der Waals surface area contributed by atoms with Crippen molar-refractivity contribution in [3.05, 3.63) is 44.9 Å². The van der Waals surface area contributed by atoms with E-state index in [0.717, 1.165) is 34.5 Å². The Morgan fingerprint density at radius 3 is 2.75 bits per heavy atom. The summed E-state index contributed by atoms with van der Waals surface area (Å²) in [6, 6.07) is 8.19. The van der Waals surface area contributed by atoms with Crippen molar-refractivity contribution >= 4 is 33.4 Å². The molecule has 1 heterocycles. The first-order valence-corrected chi connectivity index (χ1v) is 8.03. The van der Waals surface area contributed by atoms with Gasteiger partial charge >= 0.3 is 0 Å². The second-order valence-electron chi connectivity index (χ2n) is 4.61. The number of hydrogen-bond donors (Lipinski definition) is 1. The fraction of sp³-hybridized carbons (Fsp3) is 0.357. The van der Waals surface area contributed by atoms with Crippen LogP contribution in [-0.4, -0.2) is 21.5 Å². The molecular formula is C14H16BrN3OS. The molecule has 0 aliphatic carbocycles. The molecule has 0 bridgehead atoms. The lowest BCUT2D eigenvalue weighted by molar-refractivity contribution is 0.0943. The zero-order chi connectivity index (χ0) is 14.5. The van der Waals surface area contributed by atoms with E-state index in [2.05, 4.69) is 43.0 Å². The molecule has 0 aliphatic heterocycles. The van der Waals surface area contributed by atoms with Crippen LogP contribution < -0.4 is 5.32 Å². The van der Waals surface area contributed by atoms with Crippen LogP contribution in [0.4, 0.5) is 0 Å². The molecule has 1 aromatic heterocycles. The second kappa shape index (κ2) is 6.95. The number of hydrogen-bond acceptors (Lipinski definition) is 4. The van der Waals surface area contributed by atoms with Crippen molar-refractivity contribution in [2.45, 2.75) is 32.7 Å². The summed E-state index contributed by atoms with van der Waals surface area (Å²) in [4.78, 5) is 12.8. The van der Waals surface area contributed by atoms with E-state index in [4.69, 9.17) is 0 Å². The highest BCUT2D eigenvalue weighted by molar-refractivity contribution is 9.10. The minimum absolute atomic E-state index is 0.0653. The van der Waals surface area contributed by atoms with Gasteiger partial charge in [0.25, 0.3) is 5.91 Å². The number of amides is 1. The third kappa shape index (κ3) is 3.86. The summed E-state index contributed by atoms with van der Waals surface area (Å²) < 4.78 is 4.90. The lowest BCUT2D eigenvalue weighted by Crippen LogP contribution is -2.34. The molecule has 0 aliphatic rings. The Labute approximate surface area is 130 Å². The first-order valence-electron chi connectivity index (χ1n) is 6.46. The summed E-state index contributed by atoms with van der Waals surface area (Å²) in [5.74, 6) is -0.0820. The van der Waals surface area contributed by atoms with Crippen molar-refractivity contribution < 1.29 is 4.79 Å². The molecule has 1 N–H and O–H groups in total. The highest BCUT2D eigenvalue weighted by atomic mass is 79.9. The van der Waals surface area contributed by atoms with E-state index in [1.165, 1.54) is 5.56 Å². The summed E-state index contributed by atoms with van der Waals surface area (Å²) in [7, 11) is 0. The van der Waals surface area contributed by atoms with Gasteiger partial charge in [0.1, 0.15) is 4.88 Å². The molecule has 2 aromatic rings. The van der Waals surface area contributed by atoms with Crippen LogP contribution in [0.25, 0.3) is 0 Å². The third-order valence-corrected chi connectivity index (χ3v) is 4.23. The Morgan fingerprint density at radius 2 is 2.10 bits per heavy atom. The summed E-state index contributed by atoms with van der Waals surface area (Å²) in [5.41, 5.74) is 1.96. The van der Waals surface area contributed by atoms with E-state index < -0.39 is 0 Å². The highest BCUT2D eigenvalue weighted by Crippen LogP contribution is 2.13. The molecular weight excluding hydrogens is 338 g/mol. The molecule has 1 aromatic carbocycles. The van der Waals surface area contributed by atoms with Crippen molar-refractivity contribution in [3.8, 4) is 0 Å². The smallest absolute Gasteiger partial charge is 0.265 e. The molecule has 1 amide bonds. The van der Waals surface area contributed by atoms with Gasteiger partial charge in [0.2, 0.25) is 0 Å². The van der Waals surface area contributed by atoms with E-state index in [-0.39, 0.29) is 11.9 Å². The van der Waals surface area contributed by atoms with Crippen LogP contribution in [-0.2, 0) is 12.8 Å². The maximum absolute atomic E-state index is 12.2.